The molecule has 0 bridgehead atoms. The fourth-order valence-electron chi connectivity index (χ4n) is 4.42. The molecule has 7 heteroatoms. The highest BCUT2D eigenvalue weighted by atomic mass is 19.1. The Morgan fingerprint density at radius 2 is 2.00 bits per heavy atom. The van der Waals surface area contributed by atoms with Gasteiger partial charge in [0.25, 0.3) is 0 Å². The summed E-state index contributed by atoms with van der Waals surface area (Å²) in [4.78, 5) is 10.4. The Hall–Kier alpha value is -3.45. The number of halogens is 1. The van der Waals surface area contributed by atoms with Crippen molar-refractivity contribution in [2.75, 3.05) is 19.6 Å². The average molecular weight is 432 g/mol. The SMILES string of the molecule is CCc1cc(O)ccc1-c1ccc2c(-c3nc(C4=CCN(CC)CC4)c[nH]3)n[nH]c2c1F. The second kappa shape index (κ2) is 8.24. The number of fused-ring (bicyclic) bond motifs is 1. The number of phenolic OH excluding ortho intramolecular Hbond substituents is 1. The van der Waals surface area contributed by atoms with Crippen LogP contribution in [0, 0.1) is 5.82 Å². The minimum absolute atomic E-state index is 0.181. The van der Waals surface area contributed by atoms with Crippen LogP contribution in [0.1, 0.15) is 31.5 Å². The van der Waals surface area contributed by atoms with Crippen molar-refractivity contribution in [1.82, 2.24) is 25.1 Å². The van der Waals surface area contributed by atoms with Gasteiger partial charge in [-0.05, 0) is 54.3 Å². The second-order valence-corrected chi connectivity index (χ2v) is 8.12. The molecule has 3 N–H and O–H groups in total. The van der Waals surface area contributed by atoms with Gasteiger partial charge in [0.15, 0.2) is 11.6 Å². The first-order valence-electron chi connectivity index (χ1n) is 11.1. The van der Waals surface area contributed by atoms with Crippen molar-refractivity contribution >= 4 is 16.5 Å². The zero-order valence-electron chi connectivity index (χ0n) is 18.2. The molecule has 2 aromatic heterocycles. The maximum Gasteiger partial charge on any atom is 0.159 e. The van der Waals surface area contributed by atoms with E-state index in [1.807, 2.05) is 19.2 Å². The van der Waals surface area contributed by atoms with Gasteiger partial charge in [0.2, 0.25) is 0 Å². The van der Waals surface area contributed by atoms with Crippen LogP contribution in [0.2, 0.25) is 0 Å². The Morgan fingerprint density at radius 1 is 1.16 bits per heavy atom. The zero-order chi connectivity index (χ0) is 22.2. The molecule has 0 aliphatic carbocycles. The van der Waals surface area contributed by atoms with Crippen LogP contribution in [0.25, 0.3) is 39.1 Å². The van der Waals surface area contributed by atoms with Gasteiger partial charge in [-0.1, -0.05) is 32.1 Å². The fraction of sp³-hybridized carbons (Fsp3) is 0.280. The van der Waals surface area contributed by atoms with E-state index in [0.29, 0.717) is 34.4 Å². The maximum absolute atomic E-state index is 15.5. The van der Waals surface area contributed by atoms with Crippen molar-refractivity contribution in [3.05, 3.63) is 59.7 Å². The van der Waals surface area contributed by atoms with Gasteiger partial charge in [-0.2, -0.15) is 5.10 Å². The molecule has 6 nitrogen and oxygen atoms in total. The molecule has 0 atom stereocenters. The monoisotopic (exact) mass is 431 g/mol. The molecule has 4 aromatic rings. The minimum atomic E-state index is -0.358. The fourth-order valence-corrected chi connectivity index (χ4v) is 4.42. The van der Waals surface area contributed by atoms with Gasteiger partial charge in [0.1, 0.15) is 17.0 Å². The number of aromatic amines is 2. The van der Waals surface area contributed by atoms with E-state index in [9.17, 15) is 5.11 Å². The first-order chi connectivity index (χ1) is 15.6. The largest absolute Gasteiger partial charge is 0.508 e. The smallest absolute Gasteiger partial charge is 0.159 e. The number of phenols is 1. The minimum Gasteiger partial charge on any atom is -0.508 e. The molecular formula is C25H26FN5O. The second-order valence-electron chi connectivity index (χ2n) is 8.12. The number of nitrogens with one attached hydrogen (secondary N) is 2. The predicted molar refractivity (Wildman–Crippen MR) is 125 cm³/mol. The Kier molecular flexibility index (Phi) is 5.27. The Morgan fingerprint density at radius 3 is 2.75 bits per heavy atom. The van der Waals surface area contributed by atoms with E-state index in [1.54, 1.807) is 24.3 Å². The number of hydrogen-bond acceptors (Lipinski definition) is 4. The number of hydrogen-bond donors (Lipinski definition) is 3. The van der Waals surface area contributed by atoms with E-state index >= 15 is 4.39 Å². The van der Waals surface area contributed by atoms with Crippen molar-refractivity contribution in [3.63, 3.8) is 0 Å². The lowest BCUT2D eigenvalue weighted by Crippen LogP contribution is -2.28. The highest BCUT2D eigenvalue weighted by molar-refractivity contribution is 5.94. The lowest BCUT2D eigenvalue weighted by atomic mass is 9.96. The molecule has 0 spiro atoms. The van der Waals surface area contributed by atoms with E-state index in [0.717, 1.165) is 42.9 Å². The molecule has 0 fully saturated rings. The molecule has 3 heterocycles. The predicted octanol–water partition coefficient (Wildman–Crippen LogP) is 5.14. The lowest BCUT2D eigenvalue weighted by molar-refractivity contribution is 0.318. The van der Waals surface area contributed by atoms with Gasteiger partial charge in [0, 0.05) is 30.2 Å². The average Bonchev–Trinajstić information content (AvgIpc) is 3.47. The van der Waals surface area contributed by atoms with Crippen molar-refractivity contribution < 1.29 is 9.50 Å². The molecule has 2 aromatic carbocycles. The molecule has 164 valence electrons. The molecule has 0 amide bonds. The first-order valence-corrected chi connectivity index (χ1v) is 11.1. The van der Waals surface area contributed by atoms with Crippen LogP contribution in [0.5, 0.6) is 5.75 Å². The van der Waals surface area contributed by atoms with Crippen molar-refractivity contribution in [1.29, 1.82) is 0 Å². The summed E-state index contributed by atoms with van der Waals surface area (Å²) in [5, 5.41) is 17.7. The standard InChI is InChI=1S/C25H26FN5O/c1-3-15-13-17(32)5-6-18(15)19-7-8-20-23(22(19)26)29-30-24(20)25-27-14-21(28-25)16-9-11-31(4-2)12-10-16/h5-9,13-14,32H,3-4,10-12H2,1-2H3,(H,27,28)(H,29,30). The van der Waals surface area contributed by atoms with Crippen LogP contribution in [0.15, 0.2) is 42.6 Å². The Balaban J connectivity index is 1.51. The molecule has 0 saturated carbocycles. The van der Waals surface area contributed by atoms with Crippen LogP contribution in [0.4, 0.5) is 4.39 Å². The van der Waals surface area contributed by atoms with Crippen molar-refractivity contribution in [2.45, 2.75) is 26.7 Å². The number of rotatable bonds is 5. The molecule has 0 saturated heterocycles. The van der Waals surface area contributed by atoms with Crippen LogP contribution in [-0.2, 0) is 6.42 Å². The number of imidazole rings is 1. The summed E-state index contributed by atoms with van der Waals surface area (Å²) in [5.41, 5.74) is 5.24. The molecule has 0 unspecified atom stereocenters. The summed E-state index contributed by atoms with van der Waals surface area (Å²) < 4.78 is 15.5. The summed E-state index contributed by atoms with van der Waals surface area (Å²) in [7, 11) is 0. The third kappa shape index (κ3) is 3.48. The van der Waals surface area contributed by atoms with Crippen LogP contribution in [0.3, 0.4) is 0 Å². The molecule has 1 aliphatic heterocycles. The number of benzene rings is 2. The summed E-state index contributed by atoms with van der Waals surface area (Å²) in [5.74, 6) is 0.444. The third-order valence-corrected chi connectivity index (χ3v) is 6.31. The number of aryl methyl sites for hydroxylation is 1. The van der Waals surface area contributed by atoms with Gasteiger partial charge in [0.05, 0.1) is 5.69 Å². The highest BCUT2D eigenvalue weighted by Gasteiger charge is 2.20. The molecular weight excluding hydrogens is 405 g/mol. The normalized spacial score (nSPS) is 14.8. The van der Waals surface area contributed by atoms with E-state index in [1.165, 1.54) is 5.57 Å². The van der Waals surface area contributed by atoms with Crippen LogP contribution < -0.4 is 0 Å². The van der Waals surface area contributed by atoms with Gasteiger partial charge < -0.3 is 10.1 Å². The third-order valence-electron chi connectivity index (χ3n) is 6.31. The van der Waals surface area contributed by atoms with E-state index in [4.69, 9.17) is 4.98 Å². The summed E-state index contributed by atoms with van der Waals surface area (Å²) in [6.07, 6.45) is 5.78. The van der Waals surface area contributed by atoms with Gasteiger partial charge in [-0.25, -0.2) is 9.37 Å². The first kappa shape index (κ1) is 20.5. The summed E-state index contributed by atoms with van der Waals surface area (Å²) in [6, 6.07) is 8.67. The molecule has 1 aliphatic rings. The van der Waals surface area contributed by atoms with Gasteiger partial charge in [-0.3, -0.25) is 10.00 Å². The zero-order valence-corrected chi connectivity index (χ0v) is 18.2. The van der Waals surface area contributed by atoms with Crippen LogP contribution >= 0.6 is 0 Å². The highest BCUT2D eigenvalue weighted by Crippen LogP contribution is 2.35. The van der Waals surface area contributed by atoms with Gasteiger partial charge in [-0.15, -0.1) is 0 Å². The number of aromatic nitrogens is 4. The number of nitrogens with zero attached hydrogens (tertiary/aromatic N) is 3. The van der Waals surface area contributed by atoms with E-state index in [2.05, 4.69) is 33.1 Å². The molecule has 5 rings (SSSR count). The lowest BCUT2D eigenvalue weighted by Gasteiger charge is -2.23. The number of likely N-dealkylation sites (N-methyl/N-ethyl adjacent to an activating group) is 1. The van der Waals surface area contributed by atoms with E-state index in [-0.39, 0.29) is 11.6 Å². The molecule has 32 heavy (non-hydrogen) atoms. The number of H-pyrrole nitrogens is 2. The summed E-state index contributed by atoms with van der Waals surface area (Å²) in [6.45, 7) is 7.17. The van der Waals surface area contributed by atoms with Gasteiger partial charge >= 0.3 is 0 Å². The summed E-state index contributed by atoms with van der Waals surface area (Å²) >= 11 is 0. The maximum atomic E-state index is 15.5. The number of aromatic hydroxyl groups is 1. The van der Waals surface area contributed by atoms with Crippen LogP contribution in [-0.4, -0.2) is 49.8 Å². The Bertz CT molecular complexity index is 1320. The molecule has 0 radical (unpaired) electrons. The van der Waals surface area contributed by atoms with E-state index < -0.39 is 0 Å². The topological polar surface area (TPSA) is 80.8 Å². The quantitative estimate of drug-likeness (QED) is 0.409. The van der Waals surface area contributed by atoms with Crippen molar-refractivity contribution in [2.24, 2.45) is 0 Å². The van der Waals surface area contributed by atoms with Crippen molar-refractivity contribution in [3.8, 4) is 28.4 Å². The Labute approximate surface area is 185 Å².